The highest BCUT2D eigenvalue weighted by molar-refractivity contribution is 5.76. The fourth-order valence-electron chi connectivity index (χ4n) is 2.04. The van der Waals surface area contributed by atoms with Gasteiger partial charge in [-0.2, -0.15) is 5.26 Å². The van der Waals surface area contributed by atoms with Gasteiger partial charge in [-0.15, -0.1) is 0 Å². The van der Waals surface area contributed by atoms with Gasteiger partial charge in [0.15, 0.2) is 0 Å². The normalized spacial score (nSPS) is 13.1. The van der Waals surface area contributed by atoms with E-state index in [0.29, 0.717) is 0 Å². The Kier molecular flexibility index (Phi) is 3.31. The zero-order valence-corrected chi connectivity index (χ0v) is 9.66. The molecule has 3 nitrogen and oxygen atoms in total. The van der Waals surface area contributed by atoms with Crippen molar-refractivity contribution in [3.63, 3.8) is 0 Å². The van der Waals surface area contributed by atoms with Gasteiger partial charge in [-0.1, -0.05) is 19.8 Å². The van der Waals surface area contributed by atoms with E-state index in [1.807, 2.05) is 18.2 Å². The summed E-state index contributed by atoms with van der Waals surface area (Å²) in [7, 11) is 0. The fourth-order valence-corrected chi connectivity index (χ4v) is 2.04. The van der Waals surface area contributed by atoms with Crippen LogP contribution in [0.5, 0.6) is 0 Å². The number of nitrogens with one attached hydrogen (secondary N) is 1. The van der Waals surface area contributed by atoms with Crippen molar-refractivity contribution in [2.75, 3.05) is 23.4 Å². The first kappa shape index (κ1) is 10.8. The third-order valence-corrected chi connectivity index (χ3v) is 2.96. The highest BCUT2D eigenvalue weighted by Crippen LogP contribution is 2.31. The molecule has 1 aliphatic heterocycles. The lowest BCUT2D eigenvalue weighted by Gasteiger charge is -2.17. The Morgan fingerprint density at radius 3 is 3.06 bits per heavy atom. The van der Waals surface area contributed by atoms with Crippen LogP contribution in [0.2, 0.25) is 0 Å². The first-order valence-corrected chi connectivity index (χ1v) is 5.88. The van der Waals surface area contributed by atoms with Crippen LogP contribution in [0.1, 0.15) is 31.7 Å². The predicted octanol–water partition coefficient (Wildman–Crippen LogP) is 2.94. The smallest absolute Gasteiger partial charge is 0.0992 e. The number of nitrogens with zero attached hydrogens (tertiary/aromatic N) is 2. The Morgan fingerprint density at radius 2 is 2.31 bits per heavy atom. The number of benzene rings is 1. The van der Waals surface area contributed by atoms with E-state index < -0.39 is 0 Å². The molecule has 0 radical (unpaired) electrons. The number of anilines is 2. The molecule has 2 rings (SSSR count). The van der Waals surface area contributed by atoms with Crippen LogP contribution < -0.4 is 10.2 Å². The van der Waals surface area contributed by atoms with Crippen LogP contribution in [0.4, 0.5) is 11.4 Å². The molecule has 0 spiro atoms. The third kappa shape index (κ3) is 2.11. The number of fused-ring (bicyclic) bond motifs is 1. The number of hydrogen-bond acceptors (Lipinski definition) is 3. The van der Waals surface area contributed by atoms with Gasteiger partial charge in [0.05, 0.1) is 29.7 Å². The largest absolute Gasteiger partial charge is 0.366 e. The second-order valence-corrected chi connectivity index (χ2v) is 4.15. The van der Waals surface area contributed by atoms with Crippen molar-refractivity contribution in [1.29, 1.82) is 5.26 Å². The molecular weight excluding hydrogens is 198 g/mol. The molecule has 0 atom stereocenters. The summed E-state index contributed by atoms with van der Waals surface area (Å²) in [6.45, 7) is 4.18. The van der Waals surface area contributed by atoms with Crippen molar-refractivity contribution in [2.45, 2.75) is 26.2 Å². The molecule has 0 fully saturated rings. The molecule has 0 aromatic heterocycles. The lowest BCUT2D eigenvalue weighted by Crippen LogP contribution is -2.23. The molecule has 1 heterocycles. The lowest BCUT2D eigenvalue weighted by atomic mass is 10.2. The van der Waals surface area contributed by atoms with Gasteiger partial charge in [-0.3, -0.25) is 0 Å². The maximum Gasteiger partial charge on any atom is 0.0992 e. The van der Waals surface area contributed by atoms with Crippen molar-refractivity contribution >= 4 is 11.4 Å². The summed E-state index contributed by atoms with van der Waals surface area (Å²) < 4.78 is 0. The molecule has 0 saturated carbocycles. The van der Waals surface area contributed by atoms with Crippen molar-refractivity contribution in [3.8, 4) is 6.07 Å². The topological polar surface area (TPSA) is 39.1 Å². The van der Waals surface area contributed by atoms with Crippen molar-refractivity contribution in [1.82, 2.24) is 0 Å². The number of hydrogen-bond donors (Lipinski definition) is 1. The molecule has 0 bridgehead atoms. The molecule has 0 unspecified atom stereocenters. The Labute approximate surface area is 96.7 Å². The zero-order valence-electron chi connectivity index (χ0n) is 9.66. The summed E-state index contributed by atoms with van der Waals surface area (Å²) in [5, 5.41) is 12.1. The van der Waals surface area contributed by atoms with Crippen LogP contribution in [-0.4, -0.2) is 13.2 Å². The fraction of sp³-hybridized carbons (Fsp3) is 0.462. The Balaban J connectivity index is 2.06. The summed E-state index contributed by atoms with van der Waals surface area (Å²) in [6, 6.07) is 8.02. The second kappa shape index (κ2) is 4.89. The molecule has 0 amide bonds. The average Bonchev–Trinajstić information content (AvgIpc) is 2.72. The van der Waals surface area contributed by atoms with E-state index in [9.17, 15) is 0 Å². The summed E-state index contributed by atoms with van der Waals surface area (Å²) in [5.74, 6) is 0. The van der Waals surface area contributed by atoms with E-state index in [4.69, 9.17) is 5.26 Å². The second-order valence-electron chi connectivity index (χ2n) is 4.15. The predicted molar refractivity (Wildman–Crippen MR) is 66.5 cm³/mol. The van der Waals surface area contributed by atoms with Crippen LogP contribution in [0.3, 0.4) is 0 Å². The Bertz CT molecular complexity index is 406. The summed E-state index contributed by atoms with van der Waals surface area (Å²) in [4.78, 5) is 2.34. The van der Waals surface area contributed by atoms with Crippen LogP contribution in [0.15, 0.2) is 18.2 Å². The first-order chi connectivity index (χ1) is 7.85. The van der Waals surface area contributed by atoms with E-state index in [-0.39, 0.29) is 0 Å². The van der Waals surface area contributed by atoms with Crippen LogP contribution in [0, 0.1) is 11.3 Å². The van der Waals surface area contributed by atoms with Crippen LogP contribution in [-0.2, 0) is 0 Å². The monoisotopic (exact) mass is 215 g/mol. The van der Waals surface area contributed by atoms with Crippen molar-refractivity contribution in [2.24, 2.45) is 0 Å². The summed E-state index contributed by atoms with van der Waals surface area (Å²) in [6.07, 6.45) is 3.77. The number of nitriles is 1. The van der Waals surface area contributed by atoms with Gasteiger partial charge in [-0.05, 0) is 24.6 Å². The van der Waals surface area contributed by atoms with E-state index in [0.717, 1.165) is 24.5 Å². The molecule has 3 heteroatoms. The Morgan fingerprint density at radius 1 is 1.44 bits per heavy atom. The van der Waals surface area contributed by atoms with E-state index in [2.05, 4.69) is 23.2 Å². The maximum absolute atomic E-state index is 8.82. The number of rotatable bonds is 4. The van der Waals surface area contributed by atoms with Gasteiger partial charge in [-0.25, -0.2) is 0 Å². The molecule has 1 aromatic carbocycles. The van der Waals surface area contributed by atoms with Gasteiger partial charge in [0.25, 0.3) is 0 Å². The van der Waals surface area contributed by atoms with E-state index >= 15 is 0 Å². The highest BCUT2D eigenvalue weighted by atomic mass is 15.3. The van der Waals surface area contributed by atoms with E-state index in [1.54, 1.807) is 0 Å². The molecule has 0 aliphatic carbocycles. The third-order valence-electron chi connectivity index (χ3n) is 2.96. The van der Waals surface area contributed by atoms with Crippen LogP contribution >= 0.6 is 0 Å². The Hall–Kier alpha value is -1.69. The minimum absolute atomic E-state index is 0.724. The highest BCUT2D eigenvalue weighted by Gasteiger charge is 2.17. The molecule has 1 aromatic rings. The van der Waals surface area contributed by atoms with Crippen molar-refractivity contribution in [3.05, 3.63) is 23.8 Å². The van der Waals surface area contributed by atoms with Crippen LogP contribution in [0.25, 0.3) is 0 Å². The van der Waals surface area contributed by atoms with Gasteiger partial charge in [0.1, 0.15) is 0 Å². The molecule has 0 saturated heterocycles. The minimum atomic E-state index is 0.724. The molecular formula is C13H17N3. The molecule has 84 valence electrons. The van der Waals surface area contributed by atoms with Crippen molar-refractivity contribution < 1.29 is 0 Å². The quantitative estimate of drug-likeness (QED) is 0.785. The lowest BCUT2D eigenvalue weighted by molar-refractivity contribution is 0.695. The summed E-state index contributed by atoms with van der Waals surface area (Å²) in [5.41, 5.74) is 3.05. The summed E-state index contributed by atoms with van der Waals surface area (Å²) >= 11 is 0. The first-order valence-electron chi connectivity index (χ1n) is 5.88. The zero-order chi connectivity index (χ0) is 11.4. The maximum atomic E-state index is 8.82. The minimum Gasteiger partial charge on any atom is -0.366 e. The van der Waals surface area contributed by atoms with Gasteiger partial charge < -0.3 is 10.2 Å². The molecule has 1 aliphatic rings. The number of unbranched alkanes of at least 4 members (excludes halogenated alkanes) is 2. The van der Waals surface area contributed by atoms with Gasteiger partial charge >= 0.3 is 0 Å². The molecule has 1 N–H and O–H groups in total. The SMILES string of the molecule is CCCCCN1CNc2cc(C#N)ccc21. The van der Waals surface area contributed by atoms with Gasteiger partial charge in [0.2, 0.25) is 0 Å². The average molecular weight is 215 g/mol. The van der Waals surface area contributed by atoms with Gasteiger partial charge in [0, 0.05) is 6.54 Å². The standard InChI is InChI=1S/C13H17N3/c1-2-3-4-7-16-10-15-12-8-11(9-14)5-6-13(12)16/h5-6,8,15H,2-4,7,10H2,1H3. The molecule has 16 heavy (non-hydrogen) atoms. The van der Waals surface area contributed by atoms with E-state index in [1.165, 1.54) is 24.9 Å².